The van der Waals surface area contributed by atoms with Crippen molar-refractivity contribution in [2.24, 2.45) is 0 Å². The third-order valence-corrected chi connectivity index (χ3v) is 11.8. The Bertz CT molecular complexity index is 2150. The maximum absolute atomic E-state index is 17.0. The zero-order valence-electron chi connectivity index (χ0n) is 31.1. The van der Waals surface area contributed by atoms with Gasteiger partial charge in [0.1, 0.15) is 29.8 Å². The van der Waals surface area contributed by atoms with Crippen LogP contribution in [0.3, 0.4) is 0 Å². The lowest BCUT2D eigenvalue weighted by molar-refractivity contribution is -0.128. The standard InChI is InChI=1S/C41H45ClF2N8O3/c1-26-21-49(22-27(2)55-26)15-5-11-34(53)52-18-17-50(24-30(52)12-14-45)39-32-20-46-37(31-9-3-7-28-8-4-10-33(42)35(28)31)36(44)38(32)47-40(48-39)54-25-41-13-6-16-51(41)23-29(43)19-41/h3-5,7-11,20,26-27,29-30H,6,12-13,15-19,21-25H2,1-2H3/b11-5+/t26-,27-,29+,30-,41-/m0/s1. The van der Waals surface area contributed by atoms with E-state index in [9.17, 15) is 14.4 Å². The number of morpholine rings is 1. The number of benzene rings is 2. The second-order valence-corrected chi connectivity index (χ2v) is 15.8. The number of carbonyl (C=O) groups excluding carboxylic acids is 1. The van der Waals surface area contributed by atoms with Crippen LogP contribution in [0.25, 0.3) is 32.9 Å². The second-order valence-electron chi connectivity index (χ2n) is 15.4. The lowest BCUT2D eigenvalue weighted by Gasteiger charge is -2.41. The van der Waals surface area contributed by atoms with Crippen molar-refractivity contribution in [3.05, 3.63) is 65.6 Å². The largest absolute Gasteiger partial charge is 0.461 e. The Morgan fingerprint density at radius 1 is 1.11 bits per heavy atom. The number of halogens is 3. The van der Waals surface area contributed by atoms with E-state index in [4.69, 9.17) is 26.1 Å². The van der Waals surface area contributed by atoms with E-state index in [1.165, 1.54) is 0 Å². The Hall–Kier alpha value is -4.48. The van der Waals surface area contributed by atoms with Crippen LogP contribution in [0.2, 0.25) is 5.02 Å². The van der Waals surface area contributed by atoms with E-state index in [1.54, 1.807) is 29.3 Å². The summed E-state index contributed by atoms with van der Waals surface area (Å²) in [6, 6.07) is 12.8. The first-order valence-electron chi connectivity index (χ1n) is 19.1. The highest BCUT2D eigenvalue weighted by molar-refractivity contribution is 6.36. The summed E-state index contributed by atoms with van der Waals surface area (Å²) in [5.74, 6) is -0.425. The molecule has 0 spiro atoms. The quantitative estimate of drug-likeness (QED) is 0.183. The van der Waals surface area contributed by atoms with Gasteiger partial charge in [-0.2, -0.15) is 15.2 Å². The lowest BCUT2D eigenvalue weighted by atomic mass is 9.95. The summed E-state index contributed by atoms with van der Waals surface area (Å²) >= 11 is 6.64. The molecule has 0 bridgehead atoms. The highest BCUT2D eigenvalue weighted by Crippen LogP contribution is 2.41. The molecule has 4 saturated heterocycles. The second kappa shape index (κ2) is 15.6. The van der Waals surface area contributed by atoms with E-state index in [0.717, 1.165) is 37.9 Å². The number of carbonyl (C=O) groups is 1. The number of amides is 1. The van der Waals surface area contributed by atoms with Crippen LogP contribution in [0.15, 0.2) is 54.7 Å². The van der Waals surface area contributed by atoms with Crippen molar-refractivity contribution in [3.63, 3.8) is 0 Å². The Morgan fingerprint density at radius 3 is 2.71 bits per heavy atom. The Balaban J connectivity index is 1.11. The van der Waals surface area contributed by atoms with E-state index >= 15 is 4.39 Å². The lowest BCUT2D eigenvalue weighted by Crippen LogP contribution is -2.55. The molecular weight excluding hydrogens is 726 g/mol. The fourth-order valence-electron chi connectivity index (χ4n) is 9.10. The molecule has 288 valence electrons. The van der Waals surface area contributed by atoms with Crippen molar-refractivity contribution in [1.82, 2.24) is 29.7 Å². The number of aromatic nitrogens is 3. The highest BCUT2D eigenvalue weighted by atomic mass is 35.5. The molecule has 4 aromatic rings. The fraction of sp³-hybridized carbons (Fsp3) is 0.488. The number of pyridine rings is 1. The van der Waals surface area contributed by atoms with Gasteiger partial charge < -0.3 is 19.3 Å². The van der Waals surface area contributed by atoms with E-state index in [1.807, 2.05) is 49.1 Å². The summed E-state index contributed by atoms with van der Waals surface area (Å²) in [6.07, 6.45) is 6.55. The number of ether oxygens (including phenoxy) is 2. The number of fused-ring (bicyclic) bond motifs is 3. The maximum Gasteiger partial charge on any atom is 0.319 e. The molecule has 14 heteroatoms. The third-order valence-electron chi connectivity index (χ3n) is 11.5. The molecule has 0 radical (unpaired) electrons. The van der Waals surface area contributed by atoms with Crippen molar-refractivity contribution >= 4 is 45.0 Å². The fourth-order valence-corrected chi connectivity index (χ4v) is 9.39. The first kappa shape index (κ1) is 37.4. The molecule has 1 amide bonds. The van der Waals surface area contributed by atoms with E-state index in [2.05, 4.69) is 25.8 Å². The molecule has 55 heavy (non-hydrogen) atoms. The van der Waals surface area contributed by atoms with Crippen LogP contribution in [0.4, 0.5) is 14.6 Å². The molecule has 0 saturated carbocycles. The summed E-state index contributed by atoms with van der Waals surface area (Å²) in [6.45, 7) is 8.61. The summed E-state index contributed by atoms with van der Waals surface area (Å²) in [4.78, 5) is 35.7. The molecule has 11 nitrogen and oxygen atoms in total. The first-order valence-corrected chi connectivity index (χ1v) is 19.5. The van der Waals surface area contributed by atoms with Crippen LogP contribution < -0.4 is 9.64 Å². The Morgan fingerprint density at radius 2 is 1.91 bits per heavy atom. The summed E-state index contributed by atoms with van der Waals surface area (Å²) in [5, 5.41) is 12.2. The molecule has 8 rings (SSSR count). The van der Waals surface area contributed by atoms with Crippen LogP contribution in [0, 0.1) is 17.1 Å². The number of nitriles is 1. The molecular formula is C41H45ClF2N8O3. The van der Waals surface area contributed by atoms with Crippen molar-refractivity contribution < 1.29 is 23.0 Å². The van der Waals surface area contributed by atoms with E-state index in [-0.39, 0.29) is 54.9 Å². The van der Waals surface area contributed by atoms with Crippen LogP contribution >= 0.6 is 11.6 Å². The van der Waals surface area contributed by atoms with Crippen molar-refractivity contribution in [3.8, 4) is 23.3 Å². The summed E-state index contributed by atoms with van der Waals surface area (Å²) in [5.41, 5.74) is 0.172. The van der Waals surface area contributed by atoms with Gasteiger partial charge in [-0.3, -0.25) is 19.6 Å². The van der Waals surface area contributed by atoms with Gasteiger partial charge in [-0.05, 0) is 44.7 Å². The molecule has 6 heterocycles. The molecule has 4 fully saturated rings. The van der Waals surface area contributed by atoms with E-state index < -0.39 is 23.6 Å². The average molecular weight is 771 g/mol. The molecule has 4 aliphatic rings. The van der Waals surface area contributed by atoms with Gasteiger partial charge in [0.05, 0.1) is 41.7 Å². The molecule has 5 atom stereocenters. The monoisotopic (exact) mass is 770 g/mol. The Labute approximate surface area is 324 Å². The molecule has 0 unspecified atom stereocenters. The van der Waals surface area contributed by atoms with Gasteiger partial charge in [0, 0.05) is 80.5 Å². The van der Waals surface area contributed by atoms with Crippen LogP contribution in [-0.4, -0.2) is 124 Å². The maximum atomic E-state index is 17.0. The number of hydrogen-bond acceptors (Lipinski definition) is 10. The van der Waals surface area contributed by atoms with Gasteiger partial charge in [0.2, 0.25) is 5.91 Å². The highest BCUT2D eigenvalue weighted by Gasteiger charge is 2.49. The predicted octanol–water partition coefficient (Wildman–Crippen LogP) is 6.19. The zero-order valence-corrected chi connectivity index (χ0v) is 31.9. The number of nitrogens with zero attached hydrogens (tertiary/aromatic N) is 8. The third kappa shape index (κ3) is 7.45. The van der Waals surface area contributed by atoms with Crippen LogP contribution in [-0.2, 0) is 9.53 Å². The predicted molar refractivity (Wildman–Crippen MR) is 207 cm³/mol. The minimum absolute atomic E-state index is 0.0228. The van der Waals surface area contributed by atoms with E-state index in [0.29, 0.717) is 59.8 Å². The smallest absolute Gasteiger partial charge is 0.319 e. The average Bonchev–Trinajstić information content (AvgIpc) is 3.69. The summed E-state index contributed by atoms with van der Waals surface area (Å²) in [7, 11) is 0. The minimum atomic E-state index is -0.937. The molecule has 2 aromatic heterocycles. The number of hydrogen-bond donors (Lipinski definition) is 0. The number of piperazine rings is 1. The molecule has 0 N–H and O–H groups in total. The van der Waals surface area contributed by atoms with Gasteiger partial charge in [0.15, 0.2) is 5.82 Å². The topological polar surface area (TPSA) is 111 Å². The molecule has 0 aliphatic carbocycles. The number of alkyl halides is 1. The van der Waals surface area contributed by atoms with Gasteiger partial charge >= 0.3 is 6.01 Å². The van der Waals surface area contributed by atoms with Gasteiger partial charge in [-0.25, -0.2) is 8.78 Å². The normalized spacial score (nSPS) is 26.3. The van der Waals surface area contributed by atoms with Gasteiger partial charge in [0.25, 0.3) is 0 Å². The Kier molecular flexibility index (Phi) is 10.6. The minimum Gasteiger partial charge on any atom is -0.461 e. The van der Waals surface area contributed by atoms with Gasteiger partial charge in [-0.15, -0.1) is 0 Å². The van der Waals surface area contributed by atoms with Gasteiger partial charge in [-0.1, -0.05) is 48.0 Å². The van der Waals surface area contributed by atoms with Crippen molar-refractivity contribution in [2.75, 3.05) is 63.9 Å². The SMILES string of the molecule is C[C@H]1CN(C/C=C/C(=O)N2CCN(c3nc(OC[C@@]45CCCN4C[C@H](F)C5)nc4c(F)c(-c5cccc6cccc(Cl)c56)ncc34)C[C@@H]2CC#N)C[C@H](C)O1. The zero-order chi connectivity index (χ0) is 38.3. The van der Waals surface area contributed by atoms with Crippen LogP contribution in [0.5, 0.6) is 6.01 Å². The van der Waals surface area contributed by atoms with Crippen molar-refractivity contribution in [2.45, 2.75) is 69.5 Å². The first-order chi connectivity index (χ1) is 26.6. The molecule has 2 aromatic carbocycles. The number of rotatable bonds is 9. The van der Waals surface area contributed by atoms with Crippen molar-refractivity contribution in [1.29, 1.82) is 5.26 Å². The molecule has 4 aliphatic heterocycles. The number of anilines is 1. The summed E-state index contributed by atoms with van der Waals surface area (Å²) < 4.78 is 43.7. The van der Waals surface area contributed by atoms with Crippen LogP contribution in [0.1, 0.15) is 39.5 Å².